The number of nitrogens with one attached hydrogen (secondary N) is 1. The second-order valence-electron chi connectivity index (χ2n) is 8.21. The first-order valence-electron chi connectivity index (χ1n) is 11.2. The van der Waals surface area contributed by atoms with Gasteiger partial charge in [-0.25, -0.2) is 0 Å². The predicted octanol–water partition coefficient (Wildman–Crippen LogP) is 3.29. The highest BCUT2D eigenvalue weighted by Gasteiger charge is 2.22. The number of aryl methyl sites for hydroxylation is 2. The summed E-state index contributed by atoms with van der Waals surface area (Å²) in [5.74, 6) is -0.330. The fourth-order valence-electron chi connectivity index (χ4n) is 4.21. The van der Waals surface area contributed by atoms with Crippen LogP contribution in [0, 0.1) is 6.92 Å². The summed E-state index contributed by atoms with van der Waals surface area (Å²) in [7, 11) is 0. The topological polar surface area (TPSA) is 73.2 Å². The summed E-state index contributed by atoms with van der Waals surface area (Å²) in [6.45, 7) is 3.56. The van der Waals surface area contributed by atoms with Crippen molar-refractivity contribution >= 4 is 5.91 Å². The summed E-state index contributed by atoms with van der Waals surface area (Å²) < 4.78 is 7.67. The van der Waals surface area contributed by atoms with Crippen LogP contribution in [0.5, 0.6) is 0 Å². The van der Waals surface area contributed by atoms with Gasteiger partial charge in [-0.2, -0.15) is 0 Å². The SMILES string of the molecule is Cc1cc(=O)c(C(=O)NC[C@@H]2CCCO2)c(CCc2ccccc2)n1Cc1ccccn1. The van der Waals surface area contributed by atoms with Gasteiger partial charge in [0.2, 0.25) is 0 Å². The molecule has 1 amide bonds. The van der Waals surface area contributed by atoms with Crippen LogP contribution in [0.15, 0.2) is 65.6 Å². The van der Waals surface area contributed by atoms with E-state index in [1.807, 2.05) is 47.9 Å². The van der Waals surface area contributed by atoms with E-state index in [4.69, 9.17) is 4.74 Å². The lowest BCUT2D eigenvalue weighted by atomic mass is 10.0. The molecule has 6 nitrogen and oxygen atoms in total. The summed E-state index contributed by atoms with van der Waals surface area (Å²) >= 11 is 0. The molecular weight excluding hydrogens is 402 g/mol. The number of pyridine rings is 2. The van der Waals surface area contributed by atoms with Crippen LogP contribution in [0.2, 0.25) is 0 Å². The maximum Gasteiger partial charge on any atom is 0.257 e. The van der Waals surface area contributed by atoms with Crippen molar-refractivity contribution in [3.05, 3.63) is 99.2 Å². The fraction of sp³-hybridized carbons (Fsp3) is 0.346. The number of carbonyl (C=O) groups is 1. The maximum absolute atomic E-state index is 13.2. The Morgan fingerprint density at radius 3 is 2.69 bits per heavy atom. The highest BCUT2D eigenvalue weighted by molar-refractivity contribution is 5.95. The summed E-state index contributed by atoms with van der Waals surface area (Å²) in [5.41, 5.74) is 3.59. The number of hydrogen-bond donors (Lipinski definition) is 1. The van der Waals surface area contributed by atoms with Crippen molar-refractivity contribution in [3.8, 4) is 0 Å². The van der Waals surface area contributed by atoms with Gasteiger partial charge in [0.25, 0.3) is 5.91 Å². The van der Waals surface area contributed by atoms with Crippen LogP contribution in [0.3, 0.4) is 0 Å². The number of rotatable bonds is 8. The lowest BCUT2D eigenvalue weighted by Gasteiger charge is -2.20. The third kappa shape index (κ3) is 5.32. The van der Waals surface area contributed by atoms with Crippen LogP contribution >= 0.6 is 0 Å². The summed E-state index contributed by atoms with van der Waals surface area (Å²) in [4.78, 5) is 30.6. The molecule has 3 aromatic rings. The van der Waals surface area contributed by atoms with Gasteiger partial charge in [-0.1, -0.05) is 36.4 Å². The first-order chi connectivity index (χ1) is 15.6. The average Bonchev–Trinajstić information content (AvgIpc) is 3.33. The van der Waals surface area contributed by atoms with E-state index >= 15 is 0 Å². The molecule has 3 heterocycles. The van der Waals surface area contributed by atoms with Crippen molar-refractivity contribution < 1.29 is 9.53 Å². The van der Waals surface area contributed by atoms with Crippen molar-refractivity contribution in [3.63, 3.8) is 0 Å². The van der Waals surface area contributed by atoms with Crippen molar-refractivity contribution in [1.82, 2.24) is 14.9 Å². The predicted molar refractivity (Wildman–Crippen MR) is 124 cm³/mol. The van der Waals surface area contributed by atoms with Gasteiger partial charge in [-0.3, -0.25) is 14.6 Å². The van der Waals surface area contributed by atoms with Crippen molar-refractivity contribution in [2.24, 2.45) is 0 Å². The number of benzene rings is 1. The Morgan fingerprint density at radius 2 is 1.97 bits per heavy atom. The van der Waals surface area contributed by atoms with E-state index in [2.05, 4.69) is 22.4 Å². The summed E-state index contributed by atoms with van der Waals surface area (Å²) in [5, 5.41) is 2.94. The highest BCUT2D eigenvalue weighted by atomic mass is 16.5. The molecule has 0 aliphatic carbocycles. The van der Waals surface area contributed by atoms with Crippen LogP contribution in [0.1, 0.15) is 45.8 Å². The van der Waals surface area contributed by atoms with Crippen molar-refractivity contribution in [2.75, 3.05) is 13.2 Å². The number of amides is 1. The van der Waals surface area contributed by atoms with Crippen LogP contribution in [0.25, 0.3) is 0 Å². The first-order valence-corrected chi connectivity index (χ1v) is 11.2. The lowest BCUT2D eigenvalue weighted by Crippen LogP contribution is -2.37. The van der Waals surface area contributed by atoms with Gasteiger partial charge >= 0.3 is 0 Å². The van der Waals surface area contributed by atoms with Crippen LogP contribution in [-0.4, -0.2) is 34.7 Å². The van der Waals surface area contributed by atoms with E-state index in [1.165, 1.54) is 0 Å². The van der Waals surface area contributed by atoms with E-state index < -0.39 is 0 Å². The summed E-state index contributed by atoms with van der Waals surface area (Å²) in [6, 6.07) is 17.4. The van der Waals surface area contributed by atoms with Gasteiger partial charge in [0.05, 0.1) is 18.3 Å². The molecular formula is C26H29N3O3. The second-order valence-corrected chi connectivity index (χ2v) is 8.21. The van der Waals surface area contributed by atoms with Gasteiger partial charge in [-0.15, -0.1) is 0 Å². The molecule has 1 N–H and O–H groups in total. The number of hydrogen-bond acceptors (Lipinski definition) is 4. The Bertz CT molecular complexity index is 1100. The molecule has 0 unspecified atom stereocenters. The zero-order chi connectivity index (χ0) is 22.3. The quantitative estimate of drug-likeness (QED) is 0.594. The molecule has 32 heavy (non-hydrogen) atoms. The number of ether oxygens (including phenoxy) is 1. The maximum atomic E-state index is 13.2. The molecule has 4 rings (SSSR count). The zero-order valence-corrected chi connectivity index (χ0v) is 18.4. The molecule has 1 aliphatic rings. The minimum Gasteiger partial charge on any atom is -0.376 e. The minimum atomic E-state index is -0.330. The molecule has 6 heteroatoms. The molecule has 1 aliphatic heterocycles. The van der Waals surface area contributed by atoms with E-state index in [-0.39, 0.29) is 23.0 Å². The van der Waals surface area contributed by atoms with Crippen molar-refractivity contribution in [1.29, 1.82) is 0 Å². The molecule has 2 aromatic heterocycles. The van der Waals surface area contributed by atoms with Crippen molar-refractivity contribution in [2.45, 2.75) is 45.3 Å². The number of nitrogens with zero attached hydrogens (tertiary/aromatic N) is 2. The molecule has 0 bridgehead atoms. The smallest absolute Gasteiger partial charge is 0.257 e. The Balaban J connectivity index is 1.68. The van der Waals surface area contributed by atoms with Crippen LogP contribution in [0.4, 0.5) is 0 Å². The molecule has 1 atom stereocenters. The molecule has 1 aromatic carbocycles. The largest absolute Gasteiger partial charge is 0.376 e. The van der Waals surface area contributed by atoms with Gasteiger partial charge < -0.3 is 14.6 Å². The Labute approximate surface area is 188 Å². The average molecular weight is 432 g/mol. The number of aromatic nitrogens is 2. The third-order valence-electron chi connectivity index (χ3n) is 5.91. The summed E-state index contributed by atoms with van der Waals surface area (Å²) in [6.07, 6.45) is 5.02. The third-order valence-corrected chi connectivity index (χ3v) is 5.91. The Morgan fingerprint density at radius 1 is 1.16 bits per heavy atom. The molecule has 0 radical (unpaired) electrons. The van der Waals surface area contributed by atoms with Gasteiger partial charge in [0, 0.05) is 36.8 Å². The first kappa shape index (κ1) is 22.0. The molecule has 1 saturated heterocycles. The molecule has 1 fully saturated rings. The second kappa shape index (κ2) is 10.4. The Kier molecular flexibility index (Phi) is 7.12. The van der Waals surface area contributed by atoms with Gasteiger partial charge in [0.15, 0.2) is 5.43 Å². The minimum absolute atomic E-state index is 0.0212. The Hall–Kier alpha value is -3.25. The molecule has 0 saturated carbocycles. The highest BCUT2D eigenvalue weighted by Crippen LogP contribution is 2.16. The standard InChI is InChI=1S/C26H29N3O3/c1-19-16-24(30)25(26(31)28-17-22-11-7-15-32-22)23(13-12-20-8-3-2-4-9-20)29(19)18-21-10-5-6-14-27-21/h2-6,8-10,14,16,22H,7,11-13,15,17-18H2,1H3,(H,28,31)/t22-/m0/s1. The van der Waals surface area contributed by atoms with Gasteiger partial charge in [0.1, 0.15) is 5.56 Å². The van der Waals surface area contributed by atoms with E-state index in [0.717, 1.165) is 48.5 Å². The van der Waals surface area contributed by atoms with Crippen LogP contribution in [-0.2, 0) is 24.1 Å². The van der Waals surface area contributed by atoms with E-state index in [1.54, 1.807) is 12.3 Å². The monoisotopic (exact) mass is 431 g/mol. The molecule has 0 spiro atoms. The van der Waals surface area contributed by atoms with Crippen LogP contribution < -0.4 is 10.7 Å². The van der Waals surface area contributed by atoms with E-state index in [0.29, 0.717) is 19.5 Å². The lowest BCUT2D eigenvalue weighted by molar-refractivity contribution is 0.0855. The number of carbonyl (C=O) groups excluding carboxylic acids is 1. The normalized spacial score (nSPS) is 15.6. The zero-order valence-electron chi connectivity index (χ0n) is 18.4. The molecule has 166 valence electrons. The fourth-order valence-corrected chi connectivity index (χ4v) is 4.21. The van der Waals surface area contributed by atoms with E-state index in [9.17, 15) is 9.59 Å². The van der Waals surface area contributed by atoms with Gasteiger partial charge in [-0.05, 0) is 50.3 Å².